The molecule has 0 saturated heterocycles. The van der Waals surface area contributed by atoms with Crippen molar-refractivity contribution in [2.75, 3.05) is 0 Å². The summed E-state index contributed by atoms with van der Waals surface area (Å²) in [5, 5.41) is 0. The molecule has 0 heterocycles. The fraction of sp³-hybridized carbons (Fsp3) is 0.222. The standard InChI is InChI=1S/C6H10.C3H5.2ClH.Pd/c1-4-5-6(2)3;1-3-2;;;/h4,6H,1-3,5H2;3H,1-2H2;2*1H;/q-2;-1;;;+2/p-2. The van der Waals surface area contributed by atoms with Crippen LogP contribution in [-0.4, -0.2) is 0 Å². The third-order valence-electron chi connectivity index (χ3n) is 0.500. The molecule has 0 unspecified atom stereocenters. The Morgan fingerprint density at radius 3 is 1.58 bits per heavy atom. The molecule has 0 spiro atoms. The van der Waals surface area contributed by atoms with Crippen LogP contribution in [0.25, 0.3) is 0 Å². The first-order valence-electron chi connectivity index (χ1n) is 3.10. The molecular weight excluding hydrogens is 285 g/mol. The summed E-state index contributed by atoms with van der Waals surface area (Å²) in [4.78, 5) is 0. The Bertz CT molecular complexity index is 82.6. The summed E-state index contributed by atoms with van der Waals surface area (Å²) in [7, 11) is 9.63. The SMILES string of the molecule is C=CCC([CH2-])[CH2-].C=C[CH2-].[Cl][Pd][Cl]. The molecule has 78 valence electrons. The summed E-state index contributed by atoms with van der Waals surface area (Å²) in [5.41, 5.74) is 0. The van der Waals surface area contributed by atoms with Crippen molar-refractivity contribution < 1.29 is 15.9 Å². The molecule has 0 atom stereocenters. The first kappa shape index (κ1) is 18.4. The molecule has 0 nitrogen and oxygen atoms in total. The molecule has 0 aliphatic heterocycles. The second-order valence-electron chi connectivity index (χ2n) is 1.72. The van der Waals surface area contributed by atoms with Crippen LogP contribution in [0, 0.1) is 26.7 Å². The van der Waals surface area contributed by atoms with Crippen molar-refractivity contribution in [2.24, 2.45) is 5.92 Å². The third kappa shape index (κ3) is 75.5. The van der Waals surface area contributed by atoms with Gasteiger partial charge in [0.1, 0.15) is 0 Å². The summed E-state index contributed by atoms with van der Waals surface area (Å²) < 4.78 is 0. The van der Waals surface area contributed by atoms with Crippen LogP contribution in [0.5, 0.6) is 0 Å². The molecule has 0 saturated carbocycles. The monoisotopic (exact) mass is 299 g/mol. The predicted octanol–water partition coefficient (Wildman–Crippen LogP) is 4.23. The van der Waals surface area contributed by atoms with Crippen LogP contribution >= 0.6 is 19.1 Å². The third-order valence-corrected chi connectivity index (χ3v) is 0.500. The maximum absolute atomic E-state index is 4.81. The average molecular weight is 301 g/mol. The normalized spacial score (nSPS) is 7.42. The fourth-order valence-corrected chi connectivity index (χ4v) is 0.236. The van der Waals surface area contributed by atoms with E-state index in [1.54, 1.807) is 0 Å². The molecule has 0 aromatic heterocycles. The van der Waals surface area contributed by atoms with Gasteiger partial charge in [-0.25, -0.2) is 19.6 Å². The topological polar surface area (TPSA) is 0 Å². The molecule has 0 aromatic rings. The van der Waals surface area contributed by atoms with Crippen molar-refractivity contribution in [1.82, 2.24) is 0 Å². The van der Waals surface area contributed by atoms with E-state index in [0.29, 0.717) is 0 Å². The van der Waals surface area contributed by atoms with Gasteiger partial charge in [0.25, 0.3) is 0 Å². The van der Waals surface area contributed by atoms with Gasteiger partial charge in [0.05, 0.1) is 0 Å². The zero-order valence-electron chi connectivity index (χ0n) is 7.05. The molecule has 0 fully saturated rings. The Morgan fingerprint density at radius 1 is 1.33 bits per heavy atom. The Morgan fingerprint density at radius 2 is 1.58 bits per heavy atom. The number of hydrogen-bond donors (Lipinski definition) is 0. The molecule has 12 heavy (non-hydrogen) atoms. The summed E-state index contributed by atoms with van der Waals surface area (Å²) in [6, 6.07) is 0. The second-order valence-corrected chi connectivity index (χ2v) is 4.08. The van der Waals surface area contributed by atoms with Crippen LogP contribution in [0.15, 0.2) is 25.3 Å². The zero-order chi connectivity index (χ0) is 10.4. The van der Waals surface area contributed by atoms with Gasteiger partial charge in [-0.05, 0) is 0 Å². The minimum atomic E-state index is -0.106. The molecule has 0 aliphatic carbocycles. The van der Waals surface area contributed by atoms with Gasteiger partial charge in [-0.15, -0.1) is 6.58 Å². The van der Waals surface area contributed by atoms with Crippen molar-refractivity contribution >= 4 is 19.1 Å². The molecule has 0 aliphatic rings. The van der Waals surface area contributed by atoms with Crippen LogP contribution in [0.4, 0.5) is 0 Å². The molecule has 3 heteroatoms. The van der Waals surface area contributed by atoms with Crippen LogP contribution in [0.2, 0.25) is 0 Å². The first-order chi connectivity index (χ1) is 5.60. The fourth-order valence-electron chi connectivity index (χ4n) is 0.236. The molecule has 0 rings (SSSR count). The predicted molar refractivity (Wildman–Crippen MR) is 56.3 cm³/mol. The van der Waals surface area contributed by atoms with Crippen molar-refractivity contribution in [2.45, 2.75) is 6.42 Å². The molecule has 0 radical (unpaired) electrons. The average Bonchev–Trinajstić information content (AvgIpc) is 1.89. The molecule has 0 bridgehead atoms. The number of allylic oxidation sites excluding steroid dienone is 2. The van der Waals surface area contributed by atoms with E-state index < -0.39 is 0 Å². The van der Waals surface area contributed by atoms with E-state index in [-0.39, 0.29) is 21.9 Å². The van der Waals surface area contributed by atoms with Gasteiger partial charge in [0, 0.05) is 0 Å². The molecular formula is C9H15Cl2Pd-3. The Balaban J connectivity index is -0.000000115. The van der Waals surface area contributed by atoms with Crippen LogP contribution in [0.1, 0.15) is 6.42 Å². The number of hydrogen-bond acceptors (Lipinski definition) is 0. The maximum atomic E-state index is 4.81. The number of halogens is 2. The van der Waals surface area contributed by atoms with Crippen LogP contribution in [0.3, 0.4) is 0 Å². The van der Waals surface area contributed by atoms with Gasteiger partial charge in [0.2, 0.25) is 0 Å². The van der Waals surface area contributed by atoms with Crippen molar-refractivity contribution in [3.63, 3.8) is 0 Å². The van der Waals surface area contributed by atoms with E-state index in [2.05, 4.69) is 33.9 Å². The van der Waals surface area contributed by atoms with Gasteiger partial charge in [-0.3, -0.25) is 0 Å². The Labute approximate surface area is 93.1 Å². The quantitative estimate of drug-likeness (QED) is 0.407. The van der Waals surface area contributed by atoms with E-state index in [0.717, 1.165) is 6.42 Å². The van der Waals surface area contributed by atoms with Gasteiger partial charge in [-0.2, -0.15) is 0 Å². The van der Waals surface area contributed by atoms with Gasteiger partial charge in [-0.1, -0.05) is 12.5 Å². The van der Waals surface area contributed by atoms with E-state index >= 15 is 0 Å². The summed E-state index contributed by atoms with van der Waals surface area (Å²) >= 11 is -0.106. The minimum absolute atomic E-state index is 0.106. The summed E-state index contributed by atoms with van der Waals surface area (Å²) in [6.07, 6.45) is 4.24. The number of rotatable bonds is 2. The van der Waals surface area contributed by atoms with E-state index in [1.165, 1.54) is 6.08 Å². The molecule has 0 aromatic carbocycles. The zero-order valence-corrected chi connectivity index (χ0v) is 10.1. The van der Waals surface area contributed by atoms with Crippen LogP contribution < -0.4 is 0 Å². The summed E-state index contributed by atoms with van der Waals surface area (Å²) in [6.45, 7) is 17.3. The molecule has 0 amide bonds. The van der Waals surface area contributed by atoms with Gasteiger partial charge >= 0.3 is 35.0 Å². The summed E-state index contributed by atoms with van der Waals surface area (Å²) in [5.74, 6) is 0.280. The van der Waals surface area contributed by atoms with Crippen molar-refractivity contribution in [3.05, 3.63) is 46.1 Å². The Hall–Kier alpha value is 0.592. The molecule has 0 N–H and O–H groups in total. The van der Waals surface area contributed by atoms with E-state index in [1.807, 2.05) is 6.08 Å². The van der Waals surface area contributed by atoms with E-state index in [4.69, 9.17) is 19.1 Å². The van der Waals surface area contributed by atoms with Crippen molar-refractivity contribution in [3.8, 4) is 0 Å². The van der Waals surface area contributed by atoms with Gasteiger partial charge < -0.3 is 19.8 Å². The van der Waals surface area contributed by atoms with Gasteiger partial charge in [0.15, 0.2) is 0 Å². The second kappa shape index (κ2) is 22.6. The van der Waals surface area contributed by atoms with Crippen LogP contribution in [-0.2, 0) is 15.9 Å². The van der Waals surface area contributed by atoms with E-state index in [9.17, 15) is 0 Å². The Kier molecular flexibility index (Phi) is 34.6. The van der Waals surface area contributed by atoms with Crippen molar-refractivity contribution in [1.29, 1.82) is 0 Å². The first-order valence-corrected chi connectivity index (χ1v) is 7.10.